The number of fused-ring (bicyclic) bond motifs is 5. The monoisotopic (exact) mass is 420 g/mol. The highest BCUT2D eigenvalue weighted by Gasteiger charge is 2.33. The number of amides is 2. The second kappa shape index (κ2) is 7.29. The SMILES string of the molecule is Cc1ccc(C)c(NC(=O)N2Cc3c(sc4c3CCN(C)C4)-n3cccc3[C@@H]2C)c1. The van der Waals surface area contributed by atoms with E-state index in [0.717, 1.165) is 42.0 Å². The summed E-state index contributed by atoms with van der Waals surface area (Å²) in [5, 5.41) is 4.47. The van der Waals surface area contributed by atoms with Gasteiger partial charge in [-0.15, -0.1) is 11.3 Å². The Hall–Kier alpha value is -2.57. The fraction of sp³-hybridized carbons (Fsp3) is 0.375. The number of carbonyl (C=O) groups excluding carboxylic acids is 1. The minimum Gasteiger partial charge on any atom is -0.312 e. The zero-order valence-corrected chi connectivity index (χ0v) is 18.8. The Labute approximate surface area is 181 Å². The van der Waals surface area contributed by atoms with Crippen LogP contribution in [0, 0.1) is 13.8 Å². The van der Waals surface area contributed by atoms with Crippen LogP contribution in [0.4, 0.5) is 10.5 Å². The summed E-state index contributed by atoms with van der Waals surface area (Å²) in [6.07, 6.45) is 3.19. The summed E-state index contributed by atoms with van der Waals surface area (Å²) in [7, 11) is 2.18. The maximum Gasteiger partial charge on any atom is 0.322 e. The standard InChI is InChI=1S/C24H28N4OS/c1-15-7-8-16(2)20(12-15)25-24(29)28-13-19-18-9-11-26(4)14-22(18)30-23(19)27-10-5-6-21(27)17(28)3/h5-8,10,12,17H,9,11,13-14H2,1-4H3,(H,25,29)/t17-/m0/s1. The number of nitrogens with zero attached hydrogens (tertiary/aromatic N) is 3. The summed E-state index contributed by atoms with van der Waals surface area (Å²) in [6.45, 7) is 8.93. The molecule has 1 N–H and O–H groups in total. The van der Waals surface area contributed by atoms with Crippen molar-refractivity contribution in [2.24, 2.45) is 0 Å². The first kappa shape index (κ1) is 19.4. The Morgan fingerprint density at radius 1 is 1.17 bits per heavy atom. The Bertz CT molecular complexity index is 1130. The van der Waals surface area contributed by atoms with Crippen molar-refractivity contribution in [2.75, 3.05) is 18.9 Å². The molecule has 5 rings (SSSR count). The summed E-state index contributed by atoms with van der Waals surface area (Å²) in [6, 6.07) is 10.4. The summed E-state index contributed by atoms with van der Waals surface area (Å²) >= 11 is 1.89. The van der Waals surface area contributed by atoms with Gasteiger partial charge in [-0.2, -0.15) is 0 Å². The molecule has 2 aliphatic rings. The molecule has 0 bridgehead atoms. The van der Waals surface area contributed by atoms with Crippen LogP contribution in [0.15, 0.2) is 36.5 Å². The van der Waals surface area contributed by atoms with Crippen LogP contribution in [0.25, 0.3) is 5.00 Å². The lowest BCUT2D eigenvalue weighted by molar-refractivity contribution is 0.189. The van der Waals surface area contributed by atoms with E-state index >= 15 is 0 Å². The predicted molar refractivity (Wildman–Crippen MR) is 123 cm³/mol. The number of urea groups is 1. The molecule has 0 fully saturated rings. The van der Waals surface area contributed by atoms with Crippen LogP contribution in [0.2, 0.25) is 0 Å². The van der Waals surface area contributed by atoms with Crippen LogP contribution in [-0.2, 0) is 19.5 Å². The minimum atomic E-state index is -0.0373. The van der Waals surface area contributed by atoms with Gasteiger partial charge in [0.25, 0.3) is 0 Å². The van der Waals surface area contributed by atoms with Crippen molar-refractivity contribution in [3.05, 3.63) is 69.4 Å². The van der Waals surface area contributed by atoms with Gasteiger partial charge in [-0.25, -0.2) is 4.79 Å². The molecule has 1 aromatic carbocycles. The van der Waals surface area contributed by atoms with Crippen molar-refractivity contribution in [2.45, 2.75) is 46.3 Å². The highest BCUT2D eigenvalue weighted by Crippen LogP contribution is 2.41. The largest absolute Gasteiger partial charge is 0.322 e. The van der Waals surface area contributed by atoms with Crippen LogP contribution >= 0.6 is 11.3 Å². The van der Waals surface area contributed by atoms with Crippen LogP contribution in [0.5, 0.6) is 0 Å². The molecule has 3 aromatic rings. The zero-order valence-electron chi connectivity index (χ0n) is 18.0. The number of likely N-dealkylation sites (N-methyl/N-ethyl adjacent to an activating group) is 1. The molecule has 5 nitrogen and oxygen atoms in total. The molecule has 4 heterocycles. The van der Waals surface area contributed by atoms with Gasteiger partial charge in [-0.1, -0.05) is 12.1 Å². The van der Waals surface area contributed by atoms with E-state index in [9.17, 15) is 4.79 Å². The molecule has 0 radical (unpaired) electrons. The highest BCUT2D eigenvalue weighted by molar-refractivity contribution is 7.15. The number of benzene rings is 1. The summed E-state index contributed by atoms with van der Waals surface area (Å²) < 4.78 is 2.30. The van der Waals surface area contributed by atoms with Crippen molar-refractivity contribution in [1.29, 1.82) is 0 Å². The molecule has 0 aliphatic carbocycles. The molecular formula is C24H28N4OS. The first-order chi connectivity index (χ1) is 14.4. The molecule has 0 saturated carbocycles. The molecule has 1 atom stereocenters. The third kappa shape index (κ3) is 3.15. The van der Waals surface area contributed by atoms with Crippen LogP contribution in [0.1, 0.15) is 45.8 Å². The van der Waals surface area contributed by atoms with E-state index in [0.29, 0.717) is 6.54 Å². The Morgan fingerprint density at radius 3 is 2.83 bits per heavy atom. The molecule has 0 spiro atoms. The van der Waals surface area contributed by atoms with Gasteiger partial charge in [0.2, 0.25) is 0 Å². The maximum absolute atomic E-state index is 13.5. The van der Waals surface area contributed by atoms with Gasteiger partial charge in [0.15, 0.2) is 0 Å². The first-order valence-corrected chi connectivity index (χ1v) is 11.4. The second-order valence-electron chi connectivity index (χ2n) is 8.63. The third-order valence-corrected chi connectivity index (χ3v) is 7.71. The minimum absolute atomic E-state index is 0.00775. The number of aromatic nitrogens is 1. The lowest BCUT2D eigenvalue weighted by Crippen LogP contribution is -2.36. The van der Waals surface area contributed by atoms with Gasteiger partial charge >= 0.3 is 6.03 Å². The molecule has 0 unspecified atom stereocenters. The normalized spacial score (nSPS) is 18.4. The summed E-state index contributed by atoms with van der Waals surface area (Å²) in [5.74, 6) is 0. The predicted octanol–water partition coefficient (Wildman–Crippen LogP) is 5.25. The average molecular weight is 421 g/mol. The molecule has 2 aliphatic heterocycles. The van der Waals surface area contributed by atoms with E-state index < -0.39 is 0 Å². The molecular weight excluding hydrogens is 392 g/mol. The van der Waals surface area contributed by atoms with E-state index in [2.05, 4.69) is 66.1 Å². The molecule has 6 heteroatoms. The molecule has 2 amide bonds. The van der Waals surface area contributed by atoms with Gasteiger partial charge in [0.1, 0.15) is 5.00 Å². The quantitative estimate of drug-likeness (QED) is 0.584. The Kier molecular flexibility index (Phi) is 4.71. The van der Waals surface area contributed by atoms with Gasteiger partial charge in [0, 0.05) is 41.1 Å². The number of rotatable bonds is 1. The van der Waals surface area contributed by atoms with Crippen LogP contribution < -0.4 is 5.32 Å². The lowest BCUT2D eigenvalue weighted by atomic mass is 10.0. The second-order valence-corrected chi connectivity index (χ2v) is 9.71. The smallest absolute Gasteiger partial charge is 0.312 e. The summed E-state index contributed by atoms with van der Waals surface area (Å²) in [4.78, 5) is 19.3. The highest BCUT2D eigenvalue weighted by atomic mass is 32.1. The van der Waals surface area contributed by atoms with E-state index in [-0.39, 0.29) is 12.1 Å². The maximum atomic E-state index is 13.5. The fourth-order valence-electron chi connectivity index (χ4n) is 4.63. The van der Waals surface area contributed by atoms with E-state index in [1.54, 1.807) is 0 Å². The van der Waals surface area contributed by atoms with Crippen molar-refractivity contribution < 1.29 is 4.79 Å². The van der Waals surface area contributed by atoms with Crippen molar-refractivity contribution in [3.8, 4) is 5.00 Å². The number of aryl methyl sites for hydroxylation is 2. The van der Waals surface area contributed by atoms with Crippen LogP contribution in [0.3, 0.4) is 0 Å². The first-order valence-electron chi connectivity index (χ1n) is 10.6. The van der Waals surface area contributed by atoms with Crippen LogP contribution in [-0.4, -0.2) is 34.0 Å². The van der Waals surface area contributed by atoms with Gasteiger partial charge in [-0.3, -0.25) is 0 Å². The van der Waals surface area contributed by atoms with Crippen molar-refractivity contribution in [1.82, 2.24) is 14.4 Å². The van der Waals surface area contributed by atoms with Crippen molar-refractivity contribution in [3.63, 3.8) is 0 Å². The third-order valence-electron chi connectivity index (χ3n) is 6.45. The number of thiophene rings is 1. The molecule has 2 aromatic heterocycles. The van der Waals surface area contributed by atoms with E-state index in [4.69, 9.17) is 0 Å². The number of hydrogen-bond acceptors (Lipinski definition) is 3. The number of anilines is 1. The Balaban J connectivity index is 1.55. The molecule has 156 valence electrons. The number of nitrogens with one attached hydrogen (secondary N) is 1. The lowest BCUT2D eigenvalue weighted by Gasteiger charge is -2.29. The van der Waals surface area contributed by atoms with Gasteiger partial charge in [0.05, 0.1) is 12.6 Å². The van der Waals surface area contributed by atoms with Gasteiger partial charge < -0.3 is 19.7 Å². The zero-order chi connectivity index (χ0) is 21.0. The average Bonchev–Trinajstić information content (AvgIpc) is 3.30. The van der Waals surface area contributed by atoms with E-state index in [1.807, 2.05) is 29.2 Å². The number of carbonyl (C=O) groups is 1. The topological polar surface area (TPSA) is 40.5 Å². The molecule has 0 saturated heterocycles. The number of hydrogen-bond donors (Lipinski definition) is 1. The fourth-order valence-corrected chi connectivity index (χ4v) is 6.07. The Morgan fingerprint density at radius 2 is 2.00 bits per heavy atom. The molecule has 30 heavy (non-hydrogen) atoms. The van der Waals surface area contributed by atoms with Crippen molar-refractivity contribution >= 4 is 23.1 Å². The van der Waals surface area contributed by atoms with E-state index in [1.165, 1.54) is 21.0 Å². The van der Waals surface area contributed by atoms with Gasteiger partial charge in [-0.05, 0) is 69.1 Å². The summed E-state index contributed by atoms with van der Waals surface area (Å²) in [5.41, 5.74) is 7.05.